The molecule has 0 aliphatic carbocycles. The summed E-state index contributed by atoms with van der Waals surface area (Å²) in [7, 11) is 0. The number of likely N-dealkylation sites (tertiary alicyclic amines) is 1. The molecule has 0 spiro atoms. The van der Waals surface area contributed by atoms with Gasteiger partial charge in [0.15, 0.2) is 5.78 Å². The van der Waals surface area contributed by atoms with Gasteiger partial charge in [-0.3, -0.25) is 9.59 Å². The minimum atomic E-state index is -0.892. The monoisotopic (exact) mass is 355 g/mol. The van der Waals surface area contributed by atoms with E-state index in [1.807, 2.05) is 0 Å². The zero-order valence-corrected chi connectivity index (χ0v) is 14.8. The number of carbonyl (C=O) groups excluding carboxylic acids is 2. The Morgan fingerprint density at radius 1 is 1.27 bits per heavy atom. The lowest BCUT2D eigenvalue weighted by atomic mass is 9.84. The smallest absolute Gasteiger partial charge is 0.223 e. The van der Waals surface area contributed by atoms with Gasteiger partial charge < -0.3 is 19.2 Å². The number of furan rings is 1. The molecule has 2 atom stereocenters. The van der Waals surface area contributed by atoms with E-state index in [2.05, 4.69) is 0 Å². The lowest BCUT2D eigenvalue weighted by Crippen LogP contribution is -2.53. The fourth-order valence-electron chi connectivity index (χ4n) is 3.77. The highest BCUT2D eigenvalue weighted by molar-refractivity contribution is 6.09. The maximum absolute atomic E-state index is 12.7. The van der Waals surface area contributed by atoms with Crippen molar-refractivity contribution < 1.29 is 23.8 Å². The predicted molar refractivity (Wildman–Crippen MR) is 93.0 cm³/mol. The number of benzene rings is 1. The summed E-state index contributed by atoms with van der Waals surface area (Å²) < 4.78 is 11.0. The average Bonchev–Trinajstić information content (AvgIpc) is 3.27. The Hall–Kier alpha value is -2.60. The van der Waals surface area contributed by atoms with E-state index in [4.69, 9.17) is 9.15 Å². The van der Waals surface area contributed by atoms with Crippen LogP contribution in [-0.4, -0.2) is 39.9 Å². The van der Waals surface area contributed by atoms with Gasteiger partial charge in [-0.2, -0.15) is 0 Å². The Kier molecular flexibility index (Phi) is 3.88. The molecule has 1 aromatic carbocycles. The zero-order valence-electron chi connectivity index (χ0n) is 14.8. The molecule has 2 aliphatic heterocycles. The molecule has 2 aromatic rings. The normalized spacial score (nSPS) is 24.3. The maximum atomic E-state index is 12.7. The number of amides is 1. The number of ether oxygens (including phenoxy) is 1. The van der Waals surface area contributed by atoms with Gasteiger partial charge in [-0.15, -0.1) is 0 Å². The van der Waals surface area contributed by atoms with Crippen molar-refractivity contribution in [3.8, 4) is 5.75 Å². The molecule has 0 bridgehead atoms. The Labute approximate surface area is 151 Å². The highest BCUT2D eigenvalue weighted by atomic mass is 16.5. The Bertz CT molecular complexity index is 855. The van der Waals surface area contributed by atoms with Crippen molar-refractivity contribution in [3.63, 3.8) is 0 Å². The Morgan fingerprint density at radius 3 is 2.73 bits per heavy atom. The third-order valence-corrected chi connectivity index (χ3v) is 5.20. The summed E-state index contributed by atoms with van der Waals surface area (Å²) in [6, 6.07) is 6.24. The summed E-state index contributed by atoms with van der Waals surface area (Å²) >= 11 is 0. The predicted octanol–water partition coefficient (Wildman–Crippen LogP) is 2.71. The van der Waals surface area contributed by atoms with E-state index in [1.54, 1.807) is 43.0 Å². The van der Waals surface area contributed by atoms with E-state index < -0.39 is 17.7 Å². The van der Waals surface area contributed by atoms with Crippen molar-refractivity contribution >= 4 is 11.7 Å². The molecule has 136 valence electrons. The van der Waals surface area contributed by atoms with Gasteiger partial charge in [-0.1, -0.05) is 0 Å². The lowest BCUT2D eigenvalue weighted by Gasteiger charge is -2.45. The number of hydrogen-bond donors (Lipinski definition) is 1. The van der Waals surface area contributed by atoms with Crippen LogP contribution < -0.4 is 4.74 Å². The summed E-state index contributed by atoms with van der Waals surface area (Å²) in [5.74, 6) is 0.436. The molecule has 0 saturated carbocycles. The fraction of sp³-hybridized carbons (Fsp3) is 0.400. The molecule has 2 aliphatic rings. The summed E-state index contributed by atoms with van der Waals surface area (Å²) in [6.45, 7) is 4.20. The molecule has 6 nitrogen and oxygen atoms in total. The summed E-state index contributed by atoms with van der Waals surface area (Å²) in [5, 5.41) is 10.9. The first kappa shape index (κ1) is 16.8. The largest absolute Gasteiger partial charge is 0.485 e. The average molecular weight is 355 g/mol. The molecule has 3 heterocycles. The molecule has 1 N–H and O–H groups in total. The summed E-state index contributed by atoms with van der Waals surface area (Å²) in [5.41, 5.74) is 0.756. The minimum absolute atomic E-state index is 0.0178. The number of fused-ring (bicyclic) bond motifs is 1. The first-order valence-corrected chi connectivity index (χ1v) is 8.76. The van der Waals surface area contributed by atoms with E-state index in [-0.39, 0.29) is 11.7 Å². The molecular weight excluding hydrogens is 334 g/mol. The topological polar surface area (TPSA) is 80.0 Å². The first-order chi connectivity index (χ1) is 12.4. The molecule has 1 saturated heterocycles. The van der Waals surface area contributed by atoms with E-state index in [9.17, 15) is 14.7 Å². The van der Waals surface area contributed by atoms with Crippen LogP contribution in [0.2, 0.25) is 0 Å². The second-order valence-electron chi connectivity index (χ2n) is 7.38. The third kappa shape index (κ3) is 2.61. The number of ketones is 1. The maximum Gasteiger partial charge on any atom is 0.223 e. The van der Waals surface area contributed by atoms with Crippen LogP contribution in [0.4, 0.5) is 0 Å². The lowest BCUT2D eigenvalue weighted by molar-refractivity contribution is -0.139. The molecule has 4 rings (SSSR count). The van der Waals surface area contributed by atoms with Crippen LogP contribution in [0.1, 0.15) is 54.2 Å². The zero-order chi connectivity index (χ0) is 18.5. The highest BCUT2D eigenvalue weighted by Crippen LogP contribution is 2.44. The van der Waals surface area contributed by atoms with E-state index in [0.29, 0.717) is 35.4 Å². The van der Waals surface area contributed by atoms with Crippen molar-refractivity contribution in [2.75, 3.05) is 6.54 Å². The van der Waals surface area contributed by atoms with E-state index in [1.165, 1.54) is 12.5 Å². The first-order valence-electron chi connectivity index (χ1n) is 8.76. The van der Waals surface area contributed by atoms with Gasteiger partial charge in [0.2, 0.25) is 5.91 Å². The van der Waals surface area contributed by atoms with Gasteiger partial charge in [0, 0.05) is 24.1 Å². The van der Waals surface area contributed by atoms with Gasteiger partial charge in [0.1, 0.15) is 23.7 Å². The van der Waals surface area contributed by atoms with Crippen molar-refractivity contribution in [1.29, 1.82) is 0 Å². The SMILES string of the molecule is CC1(C)Oc2ccc(C(=O)c3ccoc3)cc2C(N2CCCC2=O)C1O. The van der Waals surface area contributed by atoms with Crippen molar-refractivity contribution in [1.82, 2.24) is 4.90 Å². The third-order valence-electron chi connectivity index (χ3n) is 5.20. The van der Waals surface area contributed by atoms with Crippen molar-refractivity contribution in [2.24, 2.45) is 0 Å². The molecule has 1 fully saturated rings. The van der Waals surface area contributed by atoms with Crippen molar-refractivity contribution in [3.05, 3.63) is 53.5 Å². The quantitative estimate of drug-likeness (QED) is 0.857. The standard InChI is InChI=1S/C20H21NO5/c1-20(2)19(24)17(21-8-3-4-16(21)22)14-10-12(5-6-15(14)26-20)18(23)13-7-9-25-11-13/h5-7,9-11,17,19,24H,3-4,8H2,1-2H3. The van der Waals surface area contributed by atoms with Crippen LogP contribution in [0.5, 0.6) is 5.75 Å². The van der Waals surface area contributed by atoms with Gasteiger partial charge in [-0.05, 0) is 44.5 Å². The molecule has 0 radical (unpaired) electrons. The number of carbonyl (C=O) groups is 2. The van der Waals surface area contributed by atoms with Gasteiger partial charge in [0.05, 0.1) is 17.9 Å². The molecular formula is C20H21NO5. The molecule has 2 unspecified atom stereocenters. The Morgan fingerprint density at radius 2 is 2.08 bits per heavy atom. The highest BCUT2D eigenvalue weighted by Gasteiger charge is 2.47. The van der Waals surface area contributed by atoms with Crippen LogP contribution in [0.15, 0.2) is 41.2 Å². The van der Waals surface area contributed by atoms with Crippen LogP contribution in [-0.2, 0) is 4.79 Å². The van der Waals surface area contributed by atoms with E-state index >= 15 is 0 Å². The van der Waals surface area contributed by atoms with Gasteiger partial charge in [0.25, 0.3) is 0 Å². The molecule has 1 aromatic heterocycles. The number of aliphatic hydroxyl groups excluding tert-OH is 1. The van der Waals surface area contributed by atoms with Gasteiger partial charge >= 0.3 is 0 Å². The van der Waals surface area contributed by atoms with Crippen LogP contribution >= 0.6 is 0 Å². The fourth-order valence-corrected chi connectivity index (χ4v) is 3.77. The minimum Gasteiger partial charge on any atom is -0.485 e. The number of rotatable bonds is 3. The second kappa shape index (κ2) is 5.99. The van der Waals surface area contributed by atoms with Crippen LogP contribution in [0.25, 0.3) is 0 Å². The molecule has 6 heteroatoms. The number of aliphatic hydroxyl groups is 1. The molecule has 1 amide bonds. The molecule has 26 heavy (non-hydrogen) atoms. The number of hydrogen-bond acceptors (Lipinski definition) is 5. The Balaban J connectivity index is 1.80. The van der Waals surface area contributed by atoms with Crippen molar-refractivity contribution in [2.45, 2.75) is 44.4 Å². The number of nitrogens with zero attached hydrogens (tertiary/aromatic N) is 1. The van der Waals surface area contributed by atoms with Crippen LogP contribution in [0, 0.1) is 0 Å². The van der Waals surface area contributed by atoms with E-state index in [0.717, 1.165) is 6.42 Å². The second-order valence-corrected chi connectivity index (χ2v) is 7.38. The summed E-state index contributed by atoms with van der Waals surface area (Å²) in [6.07, 6.45) is 3.21. The van der Waals surface area contributed by atoms with Crippen LogP contribution in [0.3, 0.4) is 0 Å². The summed E-state index contributed by atoms with van der Waals surface area (Å²) in [4.78, 5) is 26.7. The van der Waals surface area contributed by atoms with Gasteiger partial charge in [-0.25, -0.2) is 0 Å².